The van der Waals surface area contributed by atoms with Crippen molar-refractivity contribution in [2.45, 2.75) is 0 Å². The molecule has 0 N–H and O–H groups in total. The Kier molecular flexibility index (Phi) is 8.55. The largest absolute Gasteiger partial charge is 0.310 e. The van der Waals surface area contributed by atoms with Crippen LogP contribution in [0.4, 0.5) is 34.1 Å². The second-order valence-electron chi connectivity index (χ2n) is 14.2. The molecular weight excluding hydrogens is 677 g/mol. The van der Waals surface area contributed by atoms with Gasteiger partial charge in [0.2, 0.25) is 0 Å². The van der Waals surface area contributed by atoms with E-state index in [0.29, 0.717) is 0 Å². The first-order valence-corrected chi connectivity index (χ1v) is 19.2. The molecule has 0 aliphatic heterocycles. The predicted octanol–water partition coefficient (Wildman–Crippen LogP) is 15.4. The van der Waals surface area contributed by atoms with Crippen molar-refractivity contribution in [2.75, 3.05) is 9.80 Å². The van der Waals surface area contributed by atoms with Crippen molar-refractivity contribution in [1.82, 2.24) is 0 Å². The minimum absolute atomic E-state index is 1.10. The molecule has 0 amide bonds. The zero-order valence-corrected chi connectivity index (χ0v) is 30.8. The van der Waals surface area contributed by atoms with Crippen LogP contribution in [0, 0.1) is 0 Å². The van der Waals surface area contributed by atoms with E-state index in [1.165, 1.54) is 54.6 Å². The van der Waals surface area contributed by atoms with Gasteiger partial charge in [-0.25, -0.2) is 0 Å². The highest BCUT2D eigenvalue weighted by Crippen LogP contribution is 2.45. The van der Waals surface area contributed by atoms with Crippen molar-refractivity contribution in [3.8, 4) is 22.3 Å². The molecule has 0 aromatic heterocycles. The molecule has 0 radical (unpaired) electrons. The standard InChI is InChI=1S/C54H38N2/c1-5-15-39(16-6-1)43-29-27-41-31-33-49(37-45(41)35-43)55(47-19-9-3-10-20-47)53-25-13-24-52-51(53)23-14-26-54(52)56(48-21-11-4-12-22-48)50-34-32-42-28-30-44(36-46(42)38-50)40-17-7-2-8-18-40/h1-38H. The molecule has 0 aliphatic rings. The molecule has 0 fully saturated rings. The molecule has 10 rings (SSSR count). The Bertz CT molecular complexity index is 2750. The van der Waals surface area contributed by atoms with Gasteiger partial charge in [0.25, 0.3) is 0 Å². The zero-order chi connectivity index (χ0) is 37.3. The maximum Gasteiger partial charge on any atom is 0.0540 e. The van der Waals surface area contributed by atoms with Crippen molar-refractivity contribution in [2.24, 2.45) is 0 Å². The summed E-state index contributed by atoms with van der Waals surface area (Å²) in [7, 11) is 0. The minimum Gasteiger partial charge on any atom is -0.310 e. The van der Waals surface area contributed by atoms with Gasteiger partial charge in [0, 0.05) is 33.5 Å². The predicted molar refractivity (Wildman–Crippen MR) is 239 cm³/mol. The summed E-state index contributed by atoms with van der Waals surface area (Å²) >= 11 is 0. The summed E-state index contributed by atoms with van der Waals surface area (Å²) in [5.41, 5.74) is 11.5. The summed E-state index contributed by atoms with van der Waals surface area (Å²) < 4.78 is 0. The highest BCUT2D eigenvalue weighted by atomic mass is 15.2. The van der Waals surface area contributed by atoms with Crippen LogP contribution in [0.5, 0.6) is 0 Å². The lowest BCUT2D eigenvalue weighted by Crippen LogP contribution is -2.12. The lowest BCUT2D eigenvalue weighted by molar-refractivity contribution is 1.29. The van der Waals surface area contributed by atoms with E-state index < -0.39 is 0 Å². The summed E-state index contributed by atoms with van der Waals surface area (Å²) in [6.07, 6.45) is 0. The van der Waals surface area contributed by atoms with E-state index >= 15 is 0 Å². The van der Waals surface area contributed by atoms with Crippen molar-refractivity contribution < 1.29 is 0 Å². The third-order valence-electron chi connectivity index (χ3n) is 10.8. The van der Waals surface area contributed by atoms with Crippen LogP contribution < -0.4 is 9.80 Å². The molecular formula is C54H38N2. The topological polar surface area (TPSA) is 6.48 Å². The van der Waals surface area contributed by atoms with Crippen molar-refractivity contribution in [3.63, 3.8) is 0 Å². The molecule has 2 nitrogen and oxygen atoms in total. The van der Waals surface area contributed by atoms with Gasteiger partial charge in [0.05, 0.1) is 11.4 Å². The monoisotopic (exact) mass is 714 g/mol. The van der Waals surface area contributed by atoms with Crippen LogP contribution in [0.1, 0.15) is 0 Å². The lowest BCUT2D eigenvalue weighted by atomic mass is 9.99. The third kappa shape index (κ3) is 6.24. The van der Waals surface area contributed by atoms with Gasteiger partial charge in [0.15, 0.2) is 0 Å². The van der Waals surface area contributed by atoms with E-state index in [9.17, 15) is 0 Å². The van der Waals surface area contributed by atoms with Crippen LogP contribution in [0.25, 0.3) is 54.6 Å². The lowest BCUT2D eigenvalue weighted by Gasteiger charge is -2.30. The smallest absolute Gasteiger partial charge is 0.0540 e. The van der Waals surface area contributed by atoms with Gasteiger partial charge in [-0.05, 0) is 117 Å². The minimum atomic E-state index is 1.10. The van der Waals surface area contributed by atoms with Crippen molar-refractivity contribution >= 4 is 66.4 Å². The molecule has 10 aromatic rings. The maximum absolute atomic E-state index is 2.40. The first-order chi connectivity index (χ1) is 27.8. The average molecular weight is 715 g/mol. The van der Waals surface area contributed by atoms with E-state index in [2.05, 4.69) is 240 Å². The Balaban J connectivity index is 1.14. The summed E-state index contributed by atoms with van der Waals surface area (Å²) in [6.45, 7) is 0. The molecule has 56 heavy (non-hydrogen) atoms. The van der Waals surface area contributed by atoms with Crippen LogP contribution in [0.15, 0.2) is 231 Å². The van der Waals surface area contributed by atoms with Gasteiger partial charge in [-0.15, -0.1) is 0 Å². The molecule has 264 valence electrons. The highest BCUT2D eigenvalue weighted by Gasteiger charge is 2.20. The molecule has 0 spiro atoms. The van der Waals surface area contributed by atoms with Crippen molar-refractivity contribution in [3.05, 3.63) is 231 Å². The number of hydrogen-bond acceptors (Lipinski definition) is 2. The number of nitrogens with zero attached hydrogens (tertiary/aromatic N) is 2. The second-order valence-corrected chi connectivity index (χ2v) is 14.2. The SMILES string of the molecule is c1ccc(-c2ccc3ccc(N(c4ccccc4)c4cccc5c(N(c6ccccc6)c6ccc7ccc(-c8ccccc8)cc7c6)cccc45)cc3c2)cc1. The Morgan fingerprint density at radius 3 is 1.00 bits per heavy atom. The van der Waals surface area contributed by atoms with Gasteiger partial charge in [-0.3, -0.25) is 0 Å². The zero-order valence-electron chi connectivity index (χ0n) is 30.8. The van der Waals surface area contributed by atoms with Gasteiger partial charge in [0.1, 0.15) is 0 Å². The quantitative estimate of drug-likeness (QED) is 0.155. The molecule has 0 aliphatic carbocycles. The number of rotatable bonds is 8. The molecule has 0 saturated carbocycles. The first-order valence-electron chi connectivity index (χ1n) is 19.2. The number of fused-ring (bicyclic) bond motifs is 3. The summed E-state index contributed by atoms with van der Waals surface area (Å²) in [5.74, 6) is 0. The Labute approximate surface area is 327 Å². The summed E-state index contributed by atoms with van der Waals surface area (Å²) in [5, 5.41) is 7.17. The fraction of sp³-hybridized carbons (Fsp3) is 0. The van der Waals surface area contributed by atoms with Crippen LogP contribution >= 0.6 is 0 Å². The molecule has 0 heterocycles. The van der Waals surface area contributed by atoms with E-state index in [0.717, 1.165) is 34.1 Å². The maximum atomic E-state index is 2.40. The van der Waals surface area contributed by atoms with E-state index in [4.69, 9.17) is 0 Å². The fourth-order valence-electron chi connectivity index (χ4n) is 8.04. The number of anilines is 6. The van der Waals surface area contributed by atoms with E-state index in [-0.39, 0.29) is 0 Å². The molecule has 2 heteroatoms. The van der Waals surface area contributed by atoms with Gasteiger partial charge in [-0.1, -0.05) is 158 Å². The number of para-hydroxylation sites is 2. The Hall–Kier alpha value is -7.42. The third-order valence-corrected chi connectivity index (χ3v) is 10.8. The van der Waals surface area contributed by atoms with Crippen LogP contribution in [-0.4, -0.2) is 0 Å². The summed E-state index contributed by atoms with van der Waals surface area (Å²) in [6, 6.07) is 83.2. The first kappa shape index (κ1) is 33.2. The molecule has 0 bridgehead atoms. The van der Waals surface area contributed by atoms with Gasteiger partial charge in [-0.2, -0.15) is 0 Å². The van der Waals surface area contributed by atoms with Crippen LogP contribution in [0.3, 0.4) is 0 Å². The molecule has 0 atom stereocenters. The van der Waals surface area contributed by atoms with Gasteiger partial charge >= 0.3 is 0 Å². The van der Waals surface area contributed by atoms with Crippen LogP contribution in [-0.2, 0) is 0 Å². The van der Waals surface area contributed by atoms with E-state index in [1.54, 1.807) is 0 Å². The molecule has 0 saturated heterocycles. The van der Waals surface area contributed by atoms with Crippen LogP contribution in [0.2, 0.25) is 0 Å². The summed E-state index contributed by atoms with van der Waals surface area (Å²) in [4.78, 5) is 4.80. The Morgan fingerprint density at radius 1 is 0.214 bits per heavy atom. The molecule has 10 aromatic carbocycles. The van der Waals surface area contributed by atoms with E-state index in [1.807, 2.05) is 0 Å². The fourth-order valence-corrected chi connectivity index (χ4v) is 8.04. The number of hydrogen-bond donors (Lipinski definition) is 0. The average Bonchev–Trinajstić information content (AvgIpc) is 3.27. The second kappa shape index (κ2) is 14.4. The normalized spacial score (nSPS) is 11.2. The number of benzene rings is 10. The Morgan fingerprint density at radius 2 is 0.589 bits per heavy atom. The highest BCUT2D eigenvalue weighted by molar-refractivity contribution is 6.08. The molecule has 0 unspecified atom stereocenters. The van der Waals surface area contributed by atoms with Gasteiger partial charge < -0.3 is 9.80 Å². The van der Waals surface area contributed by atoms with Crippen molar-refractivity contribution in [1.29, 1.82) is 0 Å².